The molecule has 0 aliphatic rings. The summed E-state index contributed by atoms with van der Waals surface area (Å²) in [6, 6.07) is 8.89. The van der Waals surface area contributed by atoms with Gasteiger partial charge < -0.3 is 15.2 Å². The normalized spacial score (nSPS) is 12.6. The van der Waals surface area contributed by atoms with Gasteiger partial charge in [0.05, 0.1) is 12.6 Å². The molecular formula is C18H28IN5O. The van der Waals surface area contributed by atoms with Gasteiger partial charge >= 0.3 is 0 Å². The van der Waals surface area contributed by atoms with Crippen molar-refractivity contribution in [1.82, 2.24) is 20.8 Å². The Morgan fingerprint density at radius 2 is 1.88 bits per heavy atom. The summed E-state index contributed by atoms with van der Waals surface area (Å²) in [6.07, 6.45) is 1.11. The van der Waals surface area contributed by atoms with Crippen LogP contribution in [0.2, 0.25) is 0 Å². The van der Waals surface area contributed by atoms with Crippen LogP contribution in [0.15, 0.2) is 33.8 Å². The van der Waals surface area contributed by atoms with Gasteiger partial charge in [-0.3, -0.25) is 4.99 Å². The van der Waals surface area contributed by atoms with Crippen molar-refractivity contribution < 1.29 is 4.52 Å². The quantitative estimate of drug-likeness (QED) is 0.394. The fourth-order valence-electron chi connectivity index (χ4n) is 2.47. The van der Waals surface area contributed by atoms with E-state index in [1.54, 1.807) is 14.0 Å². The summed E-state index contributed by atoms with van der Waals surface area (Å²) in [5, 5.41) is 10.4. The van der Waals surface area contributed by atoms with Crippen LogP contribution in [0, 0.1) is 12.8 Å². The van der Waals surface area contributed by atoms with E-state index in [9.17, 15) is 0 Å². The summed E-state index contributed by atoms with van der Waals surface area (Å²) in [5.41, 5.74) is 2.59. The van der Waals surface area contributed by atoms with E-state index in [1.165, 1.54) is 11.1 Å². The molecule has 0 aliphatic heterocycles. The molecule has 25 heavy (non-hydrogen) atoms. The number of rotatable bonds is 6. The fourth-order valence-corrected chi connectivity index (χ4v) is 2.47. The molecule has 0 aliphatic carbocycles. The van der Waals surface area contributed by atoms with Crippen molar-refractivity contribution >= 4 is 29.9 Å². The third-order valence-corrected chi connectivity index (χ3v) is 3.68. The molecule has 7 heteroatoms. The minimum atomic E-state index is 0. The lowest BCUT2D eigenvalue weighted by atomic mass is 10.00. The maximum Gasteiger partial charge on any atom is 0.223 e. The highest BCUT2D eigenvalue weighted by Crippen LogP contribution is 2.15. The zero-order chi connectivity index (χ0) is 17.5. The summed E-state index contributed by atoms with van der Waals surface area (Å²) in [7, 11) is 1.75. The molecular weight excluding hydrogens is 429 g/mol. The highest BCUT2D eigenvalue weighted by atomic mass is 127. The second-order valence-corrected chi connectivity index (χ2v) is 6.36. The zero-order valence-electron chi connectivity index (χ0n) is 15.5. The number of halogens is 1. The first-order valence-electron chi connectivity index (χ1n) is 8.33. The molecule has 0 bridgehead atoms. The number of aryl methyl sites for hydroxylation is 1. The van der Waals surface area contributed by atoms with Crippen LogP contribution in [0.3, 0.4) is 0 Å². The van der Waals surface area contributed by atoms with E-state index < -0.39 is 0 Å². The SMILES string of the molecule is CN=C(NCc1noc(C)n1)NC(C)c1ccc(CC(C)C)cc1.I. The van der Waals surface area contributed by atoms with E-state index in [4.69, 9.17) is 4.52 Å². The van der Waals surface area contributed by atoms with Gasteiger partial charge in [0, 0.05) is 14.0 Å². The molecule has 1 aromatic heterocycles. The highest BCUT2D eigenvalue weighted by molar-refractivity contribution is 14.0. The van der Waals surface area contributed by atoms with Crippen molar-refractivity contribution in [2.75, 3.05) is 7.05 Å². The molecule has 2 rings (SSSR count). The zero-order valence-corrected chi connectivity index (χ0v) is 17.9. The summed E-state index contributed by atoms with van der Waals surface area (Å²) in [4.78, 5) is 8.41. The van der Waals surface area contributed by atoms with Gasteiger partial charge in [0.25, 0.3) is 0 Å². The maximum absolute atomic E-state index is 4.96. The lowest BCUT2D eigenvalue weighted by molar-refractivity contribution is 0.386. The number of aliphatic imine (C=N–C) groups is 1. The molecule has 1 atom stereocenters. The molecule has 2 aromatic rings. The van der Waals surface area contributed by atoms with Crippen molar-refractivity contribution in [2.45, 2.75) is 46.7 Å². The standard InChI is InChI=1S/C18H27N5O.HI/c1-12(2)10-15-6-8-16(9-7-15)13(3)21-18(19-5)20-11-17-22-14(4)24-23-17;/h6-9,12-13H,10-11H2,1-5H3,(H2,19,20,21);1H. The molecule has 0 fully saturated rings. The topological polar surface area (TPSA) is 75.3 Å². The number of hydrogen-bond donors (Lipinski definition) is 2. The third-order valence-electron chi connectivity index (χ3n) is 3.68. The largest absolute Gasteiger partial charge is 0.350 e. The van der Waals surface area contributed by atoms with Crippen LogP contribution in [-0.4, -0.2) is 23.1 Å². The molecule has 1 aromatic carbocycles. The molecule has 2 N–H and O–H groups in total. The maximum atomic E-state index is 4.96. The van der Waals surface area contributed by atoms with Gasteiger partial charge in [-0.1, -0.05) is 43.3 Å². The van der Waals surface area contributed by atoms with Crippen LogP contribution in [-0.2, 0) is 13.0 Å². The average Bonchev–Trinajstić information content (AvgIpc) is 2.96. The number of benzene rings is 1. The first kappa shape index (κ1) is 21.4. The molecule has 0 amide bonds. The Morgan fingerprint density at radius 3 is 2.40 bits per heavy atom. The van der Waals surface area contributed by atoms with Crippen molar-refractivity contribution in [1.29, 1.82) is 0 Å². The second-order valence-electron chi connectivity index (χ2n) is 6.36. The number of nitrogens with one attached hydrogen (secondary N) is 2. The van der Waals surface area contributed by atoms with Crippen molar-refractivity contribution in [3.8, 4) is 0 Å². The molecule has 6 nitrogen and oxygen atoms in total. The van der Waals surface area contributed by atoms with E-state index in [0.29, 0.717) is 30.1 Å². The van der Waals surface area contributed by atoms with Crippen LogP contribution in [0.4, 0.5) is 0 Å². The number of hydrogen-bond acceptors (Lipinski definition) is 4. The molecule has 0 spiro atoms. The minimum absolute atomic E-state index is 0. The Kier molecular flexibility index (Phi) is 8.88. The molecule has 1 heterocycles. The van der Waals surface area contributed by atoms with Crippen molar-refractivity contribution in [3.63, 3.8) is 0 Å². The monoisotopic (exact) mass is 457 g/mol. The predicted molar refractivity (Wildman–Crippen MR) is 111 cm³/mol. The Hall–Kier alpha value is -1.64. The smallest absolute Gasteiger partial charge is 0.223 e. The predicted octanol–water partition coefficient (Wildman–Crippen LogP) is 3.62. The van der Waals surface area contributed by atoms with Crippen molar-refractivity contribution in [3.05, 3.63) is 47.1 Å². The van der Waals surface area contributed by atoms with Gasteiger partial charge in [0.2, 0.25) is 5.89 Å². The third kappa shape index (κ3) is 7.01. The summed E-state index contributed by atoms with van der Waals surface area (Å²) < 4.78 is 4.96. The van der Waals surface area contributed by atoms with E-state index in [1.807, 2.05) is 0 Å². The van der Waals surface area contributed by atoms with Gasteiger partial charge in [-0.2, -0.15) is 4.98 Å². The van der Waals surface area contributed by atoms with Crippen LogP contribution >= 0.6 is 24.0 Å². The number of guanidine groups is 1. The van der Waals surface area contributed by atoms with Gasteiger partial charge in [0.1, 0.15) is 0 Å². The Bertz CT molecular complexity index is 666. The molecule has 138 valence electrons. The van der Waals surface area contributed by atoms with Gasteiger partial charge in [-0.15, -0.1) is 24.0 Å². The second kappa shape index (κ2) is 10.4. The first-order valence-corrected chi connectivity index (χ1v) is 8.33. The van der Waals surface area contributed by atoms with E-state index in [0.717, 1.165) is 6.42 Å². The molecule has 0 saturated carbocycles. The average molecular weight is 457 g/mol. The summed E-state index contributed by atoms with van der Waals surface area (Å²) in [6.45, 7) is 8.83. The summed E-state index contributed by atoms with van der Waals surface area (Å²) >= 11 is 0. The minimum Gasteiger partial charge on any atom is -0.350 e. The van der Waals surface area contributed by atoms with Gasteiger partial charge in [0.15, 0.2) is 11.8 Å². The molecule has 0 radical (unpaired) electrons. The van der Waals surface area contributed by atoms with Gasteiger partial charge in [-0.05, 0) is 30.4 Å². The highest BCUT2D eigenvalue weighted by Gasteiger charge is 2.09. The Balaban J connectivity index is 0.00000312. The lowest BCUT2D eigenvalue weighted by Gasteiger charge is -2.18. The fraction of sp³-hybridized carbons (Fsp3) is 0.500. The van der Waals surface area contributed by atoms with E-state index in [-0.39, 0.29) is 30.0 Å². The Labute approximate surface area is 166 Å². The van der Waals surface area contributed by atoms with E-state index in [2.05, 4.69) is 70.8 Å². The number of aromatic nitrogens is 2. The van der Waals surface area contributed by atoms with Crippen LogP contribution in [0.25, 0.3) is 0 Å². The van der Waals surface area contributed by atoms with Gasteiger partial charge in [-0.25, -0.2) is 0 Å². The molecule has 0 saturated heterocycles. The first-order chi connectivity index (χ1) is 11.5. The van der Waals surface area contributed by atoms with Crippen molar-refractivity contribution in [2.24, 2.45) is 10.9 Å². The lowest BCUT2D eigenvalue weighted by Crippen LogP contribution is -2.38. The Morgan fingerprint density at radius 1 is 1.20 bits per heavy atom. The van der Waals surface area contributed by atoms with Crippen LogP contribution in [0.1, 0.15) is 49.7 Å². The van der Waals surface area contributed by atoms with E-state index >= 15 is 0 Å². The molecule has 1 unspecified atom stereocenters. The van der Waals surface area contributed by atoms with Crippen LogP contribution < -0.4 is 10.6 Å². The number of nitrogens with zero attached hydrogens (tertiary/aromatic N) is 3. The van der Waals surface area contributed by atoms with Crippen LogP contribution in [0.5, 0.6) is 0 Å². The summed E-state index contributed by atoms with van der Waals surface area (Å²) in [5.74, 6) is 2.55.